The Balaban J connectivity index is 1.69. The summed E-state index contributed by atoms with van der Waals surface area (Å²) in [5.74, 6) is 0.294. The lowest BCUT2D eigenvalue weighted by Gasteiger charge is -2.45. The van der Waals surface area contributed by atoms with Crippen LogP contribution in [-0.2, 0) is 21.2 Å². The number of hydrogen-bond acceptors (Lipinski definition) is 3. The van der Waals surface area contributed by atoms with E-state index in [1.165, 1.54) is 5.56 Å². The Bertz CT molecular complexity index is 705. The summed E-state index contributed by atoms with van der Waals surface area (Å²) in [4.78, 5) is 14.9. The molecule has 2 aliphatic heterocycles. The van der Waals surface area contributed by atoms with Gasteiger partial charge in [0.05, 0.1) is 11.3 Å². The summed E-state index contributed by atoms with van der Waals surface area (Å²) in [6.07, 6.45) is 4.87. The van der Waals surface area contributed by atoms with Crippen LogP contribution in [0.15, 0.2) is 30.3 Å². The van der Waals surface area contributed by atoms with E-state index in [-0.39, 0.29) is 17.2 Å². The van der Waals surface area contributed by atoms with Crippen molar-refractivity contribution in [2.45, 2.75) is 51.0 Å². The van der Waals surface area contributed by atoms with Gasteiger partial charge in [-0.15, -0.1) is 0 Å². The van der Waals surface area contributed by atoms with Gasteiger partial charge in [-0.05, 0) is 44.6 Å². The molecule has 1 aromatic rings. The number of rotatable bonds is 5. The summed E-state index contributed by atoms with van der Waals surface area (Å²) >= 11 is 0. The van der Waals surface area contributed by atoms with Crippen molar-refractivity contribution in [1.29, 1.82) is 0 Å². The first kappa shape index (κ1) is 18.4. The first-order chi connectivity index (χ1) is 12.0. The van der Waals surface area contributed by atoms with Crippen molar-refractivity contribution in [1.82, 2.24) is 9.21 Å². The molecule has 138 valence electrons. The Hall–Kier alpha value is -1.40. The highest BCUT2D eigenvalue weighted by Gasteiger charge is 2.47. The van der Waals surface area contributed by atoms with Gasteiger partial charge in [0, 0.05) is 26.1 Å². The number of carbonyl (C=O) groups is 1. The number of benzene rings is 1. The SMILES string of the molecule is CCS(=O)(=O)N1CCC[C@]2(CCCN2C(=O)CCc2ccccc2)C1. The number of likely N-dealkylation sites (tertiary alicyclic amines) is 1. The summed E-state index contributed by atoms with van der Waals surface area (Å²) in [6, 6.07) is 10.1. The fourth-order valence-electron chi connectivity index (χ4n) is 4.27. The monoisotopic (exact) mass is 364 g/mol. The number of hydrogen-bond donors (Lipinski definition) is 0. The molecule has 2 fully saturated rings. The zero-order chi connectivity index (χ0) is 17.9. The van der Waals surface area contributed by atoms with Crippen molar-refractivity contribution < 1.29 is 13.2 Å². The van der Waals surface area contributed by atoms with Crippen LogP contribution in [0.4, 0.5) is 0 Å². The average Bonchev–Trinajstić information content (AvgIpc) is 3.03. The standard InChI is InChI=1S/C19H28N2O3S/c1-2-25(23,24)20-14-6-12-19(16-20)13-7-15-21(19)18(22)11-10-17-8-4-3-5-9-17/h3-5,8-9H,2,6-7,10-16H2,1H3/t19-/m0/s1. The van der Waals surface area contributed by atoms with Crippen LogP contribution >= 0.6 is 0 Å². The second-order valence-electron chi connectivity index (χ2n) is 7.20. The van der Waals surface area contributed by atoms with Crippen molar-refractivity contribution in [2.24, 2.45) is 0 Å². The highest BCUT2D eigenvalue weighted by Crippen LogP contribution is 2.38. The molecule has 6 heteroatoms. The molecule has 1 atom stereocenters. The van der Waals surface area contributed by atoms with Crippen molar-refractivity contribution in [3.05, 3.63) is 35.9 Å². The molecular weight excluding hydrogens is 336 g/mol. The van der Waals surface area contributed by atoms with Gasteiger partial charge in [-0.25, -0.2) is 8.42 Å². The molecule has 2 heterocycles. The third-order valence-corrected chi connectivity index (χ3v) is 7.47. The fourth-order valence-corrected chi connectivity index (χ4v) is 5.48. The van der Waals surface area contributed by atoms with Crippen LogP contribution in [0.1, 0.15) is 44.6 Å². The Kier molecular flexibility index (Phi) is 5.49. The fraction of sp³-hybridized carbons (Fsp3) is 0.632. The zero-order valence-electron chi connectivity index (χ0n) is 15.0. The van der Waals surface area contributed by atoms with Gasteiger partial charge in [-0.1, -0.05) is 30.3 Å². The van der Waals surface area contributed by atoms with E-state index in [2.05, 4.69) is 0 Å². The van der Waals surface area contributed by atoms with Crippen molar-refractivity contribution in [3.8, 4) is 0 Å². The molecular formula is C19H28N2O3S. The molecule has 3 rings (SSSR count). The lowest BCUT2D eigenvalue weighted by molar-refractivity contribution is -0.136. The molecule has 1 aromatic carbocycles. The zero-order valence-corrected chi connectivity index (χ0v) is 15.8. The van der Waals surface area contributed by atoms with E-state index in [0.717, 1.165) is 38.6 Å². The maximum Gasteiger partial charge on any atom is 0.223 e. The second-order valence-corrected chi connectivity index (χ2v) is 9.45. The lowest BCUT2D eigenvalue weighted by atomic mass is 9.87. The minimum absolute atomic E-state index is 0.130. The molecule has 25 heavy (non-hydrogen) atoms. The third kappa shape index (κ3) is 3.90. The first-order valence-corrected chi connectivity index (χ1v) is 10.9. The number of sulfonamides is 1. The molecule has 0 aromatic heterocycles. The number of carbonyl (C=O) groups excluding carboxylic acids is 1. The summed E-state index contributed by atoms with van der Waals surface area (Å²) in [5, 5.41) is 0. The van der Waals surface area contributed by atoms with Crippen LogP contribution in [0, 0.1) is 0 Å². The molecule has 0 aliphatic carbocycles. The van der Waals surface area contributed by atoms with Crippen molar-refractivity contribution in [2.75, 3.05) is 25.4 Å². The summed E-state index contributed by atoms with van der Waals surface area (Å²) < 4.78 is 26.2. The molecule has 0 N–H and O–H groups in total. The van der Waals surface area contributed by atoms with E-state index < -0.39 is 10.0 Å². The first-order valence-electron chi connectivity index (χ1n) is 9.29. The smallest absolute Gasteiger partial charge is 0.223 e. The van der Waals surface area contributed by atoms with E-state index in [1.807, 2.05) is 35.2 Å². The van der Waals surface area contributed by atoms with Crippen LogP contribution in [0.25, 0.3) is 0 Å². The van der Waals surface area contributed by atoms with Crippen LogP contribution in [0.3, 0.4) is 0 Å². The van der Waals surface area contributed by atoms with Crippen molar-refractivity contribution >= 4 is 15.9 Å². The van der Waals surface area contributed by atoms with Crippen LogP contribution < -0.4 is 0 Å². The predicted octanol–water partition coefficient (Wildman–Crippen LogP) is 2.43. The maximum atomic E-state index is 12.9. The van der Waals surface area contributed by atoms with Crippen LogP contribution in [-0.4, -0.2) is 54.5 Å². The van der Waals surface area contributed by atoms with E-state index in [4.69, 9.17) is 0 Å². The molecule has 0 radical (unpaired) electrons. The summed E-state index contributed by atoms with van der Waals surface area (Å²) in [7, 11) is -3.19. The van der Waals surface area contributed by atoms with Gasteiger partial charge < -0.3 is 4.90 Å². The molecule has 1 spiro atoms. The molecule has 0 bridgehead atoms. The Morgan fingerprint density at radius 1 is 1.12 bits per heavy atom. The lowest BCUT2D eigenvalue weighted by Crippen LogP contribution is -2.58. The maximum absolute atomic E-state index is 12.9. The third-order valence-electron chi connectivity index (χ3n) is 5.65. The molecule has 0 saturated carbocycles. The molecule has 2 saturated heterocycles. The van der Waals surface area contributed by atoms with Crippen molar-refractivity contribution in [3.63, 3.8) is 0 Å². The number of amides is 1. The van der Waals surface area contributed by atoms with E-state index in [1.54, 1.807) is 11.2 Å². The van der Waals surface area contributed by atoms with E-state index in [0.29, 0.717) is 19.5 Å². The van der Waals surface area contributed by atoms with Crippen LogP contribution in [0.5, 0.6) is 0 Å². The topological polar surface area (TPSA) is 57.7 Å². The number of aryl methyl sites for hydroxylation is 1. The minimum atomic E-state index is -3.19. The summed E-state index contributed by atoms with van der Waals surface area (Å²) in [5.41, 5.74) is 0.886. The Labute approximate surface area is 151 Å². The van der Waals surface area contributed by atoms with Gasteiger partial charge in [0.1, 0.15) is 0 Å². The molecule has 5 nitrogen and oxygen atoms in total. The molecule has 1 amide bonds. The molecule has 0 unspecified atom stereocenters. The van der Waals surface area contributed by atoms with E-state index in [9.17, 15) is 13.2 Å². The Morgan fingerprint density at radius 3 is 2.48 bits per heavy atom. The second kappa shape index (κ2) is 7.46. The highest BCUT2D eigenvalue weighted by atomic mass is 32.2. The van der Waals surface area contributed by atoms with Gasteiger partial charge in [0.25, 0.3) is 0 Å². The minimum Gasteiger partial charge on any atom is -0.336 e. The van der Waals surface area contributed by atoms with Gasteiger partial charge in [-0.3, -0.25) is 4.79 Å². The van der Waals surface area contributed by atoms with Crippen LogP contribution in [0.2, 0.25) is 0 Å². The Morgan fingerprint density at radius 2 is 1.80 bits per heavy atom. The predicted molar refractivity (Wildman–Crippen MR) is 98.7 cm³/mol. The largest absolute Gasteiger partial charge is 0.336 e. The highest BCUT2D eigenvalue weighted by molar-refractivity contribution is 7.89. The molecule has 2 aliphatic rings. The summed E-state index contributed by atoms with van der Waals surface area (Å²) in [6.45, 7) is 3.51. The average molecular weight is 365 g/mol. The number of nitrogens with zero attached hydrogens (tertiary/aromatic N) is 2. The van der Waals surface area contributed by atoms with Gasteiger partial charge in [-0.2, -0.15) is 4.31 Å². The van der Waals surface area contributed by atoms with Gasteiger partial charge in [0.2, 0.25) is 15.9 Å². The normalized spacial score (nSPS) is 24.8. The number of piperidine rings is 1. The quantitative estimate of drug-likeness (QED) is 0.806. The van der Waals surface area contributed by atoms with Gasteiger partial charge in [0.15, 0.2) is 0 Å². The van der Waals surface area contributed by atoms with E-state index >= 15 is 0 Å². The van der Waals surface area contributed by atoms with Gasteiger partial charge >= 0.3 is 0 Å².